The van der Waals surface area contributed by atoms with Crippen molar-refractivity contribution in [3.63, 3.8) is 0 Å². The fourth-order valence-corrected chi connectivity index (χ4v) is 3.41. The summed E-state index contributed by atoms with van der Waals surface area (Å²) in [7, 11) is 2.02. The quantitative estimate of drug-likeness (QED) is 0.794. The van der Waals surface area contributed by atoms with E-state index in [9.17, 15) is 4.79 Å². The van der Waals surface area contributed by atoms with Crippen molar-refractivity contribution in [3.8, 4) is 0 Å². The third-order valence-corrected chi connectivity index (χ3v) is 4.35. The Hall–Kier alpha value is -1.69. The first-order chi connectivity index (χ1) is 9.95. The van der Waals surface area contributed by atoms with Crippen molar-refractivity contribution in [1.82, 2.24) is 9.97 Å². The third kappa shape index (κ3) is 3.15. The third-order valence-electron chi connectivity index (χ3n) is 3.17. The minimum atomic E-state index is -0.282. The summed E-state index contributed by atoms with van der Waals surface area (Å²) < 4.78 is 5.11. The normalized spacial score (nSPS) is 11.1. The number of esters is 1. The zero-order valence-corrected chi connectivity index (χ0v) is 14.0. The predicted molar refractivity (Wildman–Crippen MR) is 86.2 cm³/mol. The summed E-state index contributed by atoms with van der Waals surface area (Å²) in [6.45, 7) is 9.34. The Balaban J connectivity index is 2.51. The molecule has 2 heterocycles. The first-order valence-corrected chi connectivity index (χ1v) is 7.89. The number of aryl methyl sites for hydroxylation is 1. The number of ether oxygens (including phenoxy) is 1. The lowest BCUT2D eigenvalue weighted by molar-refractivity contribution is 0.0531. The highest BCUT2D eigenvalue weighted by molar-refractivity contribution is 7.20. The van der Waals surface area contributed by atoms with Crippen LogP contribution in [0.5, 0.6) is 0 Å². The molecule has 0 atom stereocenters. The maximum Gasteiger partial charge on any atom is 0.348 e. The smallest absolute Gasteiger partial charge is 0.348 e. The molecule has 0 fully saturated rings. The van der Waals surface area contributed by atoms with Gasteiger partial charge < -0.3 is 9.64 Å². The van der Waals surface area contributed by atoms with Crippen LogP contribution in [0.4, 0.5) is 5.82 Å². The first-order valence-electron chi connectivity index (χ1n) is 7.08. The lowest BCUT2D eigenvalue weighted by Gasteiger charge is -2.21. The minimum Gasteiger partial charge on any atom is -0.462 e. The van der Waals surface area contributed by atoms with Crippen molar-refractivity contribution in [1.29, 1.82) is 0 Å². The molecule has 2 rings (SSSR count). The summed E-state index contributed by atoms with van der Waals surface area (Å²) in [5.74, 6) is 1.12. The van der Waals surface area contributed by atoms with Crippen LogP contribution >= 0.6 is 11.3 Å². The Morgan fingerprint density at radius 1 is 1.43 bits per heavy atom. The summed E-state index contributed by atoms with van der Waals surface area (Å²) in [5.41, 5.74) is 0.902. The molecule has 0 aromatic carbocycles. The van der Waals surface area contributed by atoms with Crippen LogP contribution in [0.15, 0.2) is 6.33 Å². The van der Waals surface area contributed by atoms with Crippen molar-refractivity contribution in [3.05, 3.63) is 16.8 Å². The first kappa shape index (κ1) is 15.7. The second-order valence-electron chi connectivity index (χ2n) is 5.43. The number of aromatic nitrogens is 2. The molecule has 0 amide bonds. The molecule has 6 heteroatoms. The number of fused-ring (bicyclic) bond motifs is 1. The van der Waals surface area contributed by atoms with Gasteiger partial charge in [-0.3, -0.25) is 0 Å². The molecular weight excluding hydrogens is 286 g/mol. The van der Waals surface area contributed by atoms with Gasteiger partial charge in [-0.25, -0.2) is 14.8 Å². The Morgan fingerprint density at radius 2 is 2.14 bits per heavy atom. The van der Waals surface area contributed by atoms with Crippen LogP contribution in [0, 0.1) is 12.8 Å². The van der Waals surface area contributed by atoms with Crippen LogP contribution in [0.2, 0.25) is 0 Å². The molecular formula is C15H21N3O2S. The Labute approximate surface area is 129 Å². The van der Waals surface area contributed by atoms with Crippen molar-refractivity contribution < 1.29 is 9.53 Å². The lowest BCUT2D eigenvalue weighted by Crippen LogP contribution is -2.23. The molecule has 21 heavy (non-hydrogen) atoms. The Morgan fingerprint density at radius 3 is 2.76 bits per heavy atom. The SMILES string of the molecule is CCOC(=O)c1sc2ncnc(N(C)CC(C)C)c2c1C. The van der Waals surface area contributed by atoms with E-state index in [1.54, 1.807) is 6.33 Å². The summed E-state index contributed by atoms with van der Waals surface area (Å²) in [6.07, 6.45) is 1.55. The second-order valence-corrected chi connectivity index (χ2v) is 6.43. The van der Waals surface area contributed by atoms with Gasteiger partial charge in [-0.15, -0.1) is 11.3 Å². The Bertz CT molecular complexity index is 652. The molecule has 114 valence electrons. The summed E-state index contributed by atoms with van der Waals surface area (Å²) in [4.78, 5) is 24.3. The molecule has 0 spiro atoms. The van der Waals surface area contributed by atoms with Crippen molar-refractivity contribution >= 4 is 33.3 Å². The monoisotopic (exact) mass is 307 g/mol. The van der Waals surface area contributed by atoms with Gasteiger partial charge in [0.05, 0.1) is 12.0 Å². The highest BCUT2D eigenvalue weighted by Gasteiger charge is 2.21. The fraction of sp³-hybridized carbons (Fsp3) is 0.533. The molecule has 0 aliphatic heterocycles. The van der Waals surface area contributed by atoms with Crippen LogP contribution in [-0.2, 0) is 4.74 Å². The number of carbonyl (C=O) groups is 1. The van der Waals surface area contributed by atoms with Crippen LogP contribution in [0.1, 0.15) is 36.0 Å². The average Bonchev–Trinajstić information content (AvgIpc) is 2.76. The van der Waals surface area contributed by atoms with E-state index < -0.39 is 0 Å². The highest BCUT2D eigenvalue weighted by Crippen LogP contribution is 2.35. The van der Waals surface area contributed by atoms with E-state index in [0.717, 1.165) is 28.1 Å². The molecule has 2 aromatic rings. The fourth-order valence-electron chi connectivity index (χ4n) is 2.37. The van der Waals surface area contributed by atoms with Gasteiger partial charge in [-0.2, -0.15) is 0 Å². The molecule has 0 radical (unpaired) electrons. The number of hydrogen-bond acceptors (Lipinski definition) is 6. The van der Waals surface area contributed by atoms with Gasteiger partial charge in [0.2, 0.25) is 0 Å². The van der Waals surface area contributed by atoms with Crippen molar-refractivity contribution in [2.45, 2.75) is 27.7 Å². The predicted octanol–water partition coefficient (Wildman–Crippen LogP) is 3.27. The summed E-state index contributed by atoms with van der Waals surface area (Å²) >= 11 is 1.37. The summed E-state index contributed by atoms with van der Waals surface area (Å²) in [6, 6.07) is 0. The lowest BCUT2D eigenvalue weighted by atomic mass is 10.1. The number of nitrogens with zero attached hydrogens (tertiary/aromatic N) is 3. The van der Waals surface area contributed by atoms with Crippen LogP contribution in [-0.4, -0.2) is 36.1 Å². The van der Waals surface area contributed by atoms with Gasteiger partial charge >= 0.3 is 5.97 Å². The van der Waals surface area contributed by atoms with E-state index in [2.05, 4.69) is 28.7 Å². The van der Waals surface area contributed by atoms with Gasteiger partial charge in [0.15, 0.2) is 0 Å². The molecule has 0 aliphatic carbocycles. The minimum absolute atomic E-state index is 0.282. The van der Waals surface area contributed by atoms with Crippen molar-refractivity contribution in [2.75, 3.05) is 25.1 Å². The molecule has 0 aliphatic rings. The molecule has 0 saturated carbocycles. The average molecular weight is 307 g/mol. The number of thiophene rings is 1. The van der Waals surface area contributed by atoms with Crippen LogP contribution in [0.3, 0.4) is 0 Å². The van der Waals surface area contributed by atoms with Crippen LogP contribution in [0.25, 0.3) is 10.2 Å². The zero-order chi connectivity index (χ0) is 15.6. The molecule has 2 aromatic heterocycles. The number of rotatable bonds is 5. The largest absolute Gasteiger partial charge is 0.462 e. The van der Waals surface area contributed by atoms with Gasteiger partial charge in [-0.05, 0) is 25.3 Å². The van der Waals surface area contributed by atoms with Gasteiger partial charge in [0.1, 0.15) is 21.9 Å². The van der Waals surface area contributed by atoms with Gasteiger partial charge in [-0.1, -0.05) is 13.8 Å². The summed E-state index contributed by atoms with van der Waals surface area (Å²) in [5, 5.41) is 0.953. The van der Waals surface area contributed by atoms with Crippen LogP contribution < -0.4 is 4.90 Å². The number of anilines is 1. The van der Waals surface area contributed by atoms with Gasteiger partial charge in [0, 0.05) is 13.6 Å². The number of carbonyl (C=O) groups excluding carboxylic acids is 1. The van der Waals surface area contributed by atoms with Crippen molar-refractivity contribution in [2.24, 2.45) is 5.92 Å². The van der Waals surface area contributed by atoms with E-state index in [0.29, 0.717) is 17.4 Å². The van der Waals surface area contributed by atoms with E-state index in [4.69, 9.17) is 4.74 Å². The van der Waals surface area contributed by atoms with Gasteiger partial charge in [0.25, 0.3) is 0 Å². The Kier molecular flexibility index (Phi) is 4.77. The van der Waals surface area contributed by atoms with E-state index in [1.165, 1.54) is 11.3 Å². The maximum atomic E-state index is 12.0. The number of hydrogen-bond donors (Lipinski definition) is 0. The van der Waals surface area contributed by atoms with E-state index in [-0.39, 0.29) is 5.97 Å². The standard InChI is InChI=1S/C15H21N3O2S/c1-6-20-15(19)12-10(4)11-13(18(5)7-9(2)3)16-8-17-14(11)21-12/h8-9H,6-7H2,1-5H3. The maximum absolute atomic E-state index is 12.0. The highest BCUT2D eigenvalue weighted by atomic mass is 32.1. The second kappa shape index (κ2) is 6.39. The topological polar surface area (TPSA) is 55.3 Å². The van der Waals surface area contributed by atoms with E-state index in [1.807, 2.05) is 20.9 Å². The molecule has 5 nitrogen and oxygen atoms in total. The molecule has 0 saturated heterocycles. The molecule has 0 bridgehead atoms. The van der Waals surface area contributed by atoms with E-state index >= 15 is 0 Å². The zero-order valence-electron chi connectivity index (χ0n) is 13.1. The molecule has 0 unspecified atom stereocenters. The molecule has 0 N–H and O–H groups in total.